The summed E-state index contributed by atoms with van der Waals surface area (Å²) in [6.45, 7) is 2.13. The highest BCUT2D eigenvalue weighted by atomic mass is 32.1. The quantitative estimate of drug-likeness (QED) is 0.705. The van der Waals surface area contributed by atoms with E-state index in [0.717, 1.165) is 16.2 Å². The van der Waals surface area contributed by atoms with E-state index in [0.29, 0.717) is 0 Å². The van der Waals surface area contributed by atoms with Crippen molar-refractivity contribution in [3.05, 3.63) is 54.1 Å². The van der Waals surface area contributed by atoms with Gasteiger partial charge in [0.05, 0.1) is 5.52 Å². The molecule has 0 bridgehead atoms. The molecule has 3 nitrogen and oxygen atoms in total. The van der Waals surface area contributed by atoms with Gasteiger partial charge in [-0.15, -0.1) is 0 Å². The molecule has 3 N–H and O–H groups in total. The lowest BCUT2D eigenvalue weighted by atomic mass is 10.1. The van der Waals surface area contributed by atoms with Crippen molar-refractivity contribution >= 4 is 33.1 Å². The van der Waals surface area contributed by atoms with Crippen molar-refractivity contribution in [2.24, 2.45) is 0 Å². The molecule has 0 aliphatic heterocycles. The van der Waals surface area contributed by atoms with Crippen LogP contribution in [0.4, 0.5) is 10.7 Å². The van der Waals surface area contributed by atoms with E-state index in [-0.39, 0.29) is 6.04 Å². The molecule has 1 unspecified atom stereocenters. The van der Waals surface area contributed by atoms with Crippen LogP contribution in [0, 0.1) is 0 Å². The van der Waals surface area contributed by atoms with Crippen LogP contribution in [-0.2, 0) is 0 Å². The fourth-order valence-electron chi connectivity index (χ4n) is 2.10. The molecule has 2 aromatic carbocycles. The number of nitrogens with two attached hydrogens (primary N) is 1. The third kappa shape index (κ3) is 2.39. The molecule has 0 radical (unpaired) electrons. The molecule has 3 aromatic rings. The number of fused-ring (bicyclic) bond motifs is 1. The first-order chi connectivity index (χ1) is 9.24. The smallest absolute Gasteiger partial charge is 0.117 e. The fourth-order valence-corrected chi connectivity index (χ4v) is 2.95. The van der Waals surface area contributed by atoms with E-state index in [2.05, 4.69) is 28.7 Å². The highest BCUT2D eigenvalue weighted by Gasteiger charge is 2.10. The lowest BCUT2D eigenvalue weighted by Crippen LogP contribution is -2.05. The Morgan fingerprint density at radius 2 is 2.00 bits per heavy atom. The highest BCUT2D eigenvalue weighted by Crippen LogP contribution is 2.30. The molecule has 0 fully saturated rings. The Morgan fingerprint density at radius 3 is 2.84 bits per heavy atom. The standard InChI is InChI=1S/C15H15N3S/c1-10(11-5-4-6-12(16)9-11)17-15-13-7-2-3-8-14(13)18-19-15/h2-10,17H,16H2,1H3. The number of nitrogens with zero attached hydrogens (tertiary/aromatic N) is 1. The summed E-state index contributed by atoms with van der Waals surface area (Å²) in [5.41, 5.74) is 8.83. The third-order valence-corrected chi connectivity index (χ3v) is 3.95. The van der Waals surface area contributed by atoms with Crippen molar-refractivity contribution < 1.29 is 0 Å². The number of nitrogens with one attached hydrogen (secondary N) is 1. The molecule has 0 saturated carbocycles. The summed E-state index contributed by atoms with van der Waals surface area (Å²) in [6, 6.07) is 16.3. The number of rotatable bonds is 3. The molecule has 0 aliphatic carbocycles. The Kier molecular flexibility index (Phi) is 3.09. The molecular weight excluding hydrogens is 254 g/mol. The van der Waals surface area contributed by atoms with Gasteiger partial charge in [0.2, 0.25) is 0 Å². The molecular formula is C15H15N3S. The van der Waals surface area contributed by atoms with Crippen molar-refractivity contribution in [2.75, 3.05) is 11.1 Å². The summed E-state index contributed by atoms with van der Waals surface area (Å²) in [6.07, 6.45) is 0. The molecule has 0 saturated heterocycles. The van der Waals surface area contributed by atoms with Gasteiger partial charge in [0, 0.05) is 17.1 Å². The van der Waals surface area contributed by atoms with Crippen LogP contribution in [0.1, 0.15) is 18.5 Å². The Hall–Kier alpha value is -2.07. The monoisotopic (exact) mass is 269 g/mol. The lowest BCUT2D eigenvalue weighted by Gasteiger charge is -2.14. The number of benzene rings is 2. The second-order valence-corrected chi connectivity index (χ2v) is 5.34. The van der Waals surface area contributed by atoms with Gasteiger partial charge in [-0.25, -0.2) is 0 Å². The summed E-state index contributed by atoms with van der Waals surface area (Å²) >= 11 is 1.50. The maximum atomic E-state index is 5.82. The molecule has 4 heteroatoms. The zero-order chi connectivity index (χ0) is 13.2. The minimum absolute atomic E-state index is 0.201. The molecule has 1 heterocycles. The van der Waals surface area contributed by atoms with E-state index in [4.69, 9.17) is 5.73 Å². The van der Waals surface area contributed by atoms with Crippen LogP contribution in [0.2, 0.25) is 0 Å². The lowest BCUT2D eigenvalue weighted by molar-refractivity contribution is 0.891. The number of anilines is 2. The van der Waals surface area contributed by atoms with Crippen LogP contribution < -0.4 is 11.1 Å². The topological polar surface area (TPSA) is 50.9 Å². The van der Waals surface area contributed by atoms with Crippen LogP contribution in [0.25, 0.3) is 10.9 Å². The van der Waals surface area contributed by atoms with Crippen molar-refractivity contribution in [3.8, 4) is 0 Å². The van der Waals surface area contributed by atoms with Gasteiger partial charge < -0.3 is 11.1 Å². The second kappa shape index (κ2) is 4.90. The van der Waals surface area contributed by atoms with E-state index in [9.17, 15) is 0 Å². The minimum Gasteiger partial charge on any atom is -0.399 e. The average molecular weight is 269 g/mol. The molecule has 96 valence electrons. The van der Waals surface area contributed by atoms with Gasteiger partial charge in [0.25, 0.3) is 0 Å². The van der Waals surface area contributed by atoms with Gasteiger partial charge in [-0.2, -0.15) is 4.37 Å². The maximum absolute atomic E-state index is 5.82. The van der Waals surface area contributed by atoms with Gasteiger partial charge in [-0.05, 0) is 48.3 Å². The maximum Gasteiger partial charge on any atom is 0.117 e. The molecule has 3 rings (SSSR count). The minimum atomic E-state index is 0.201. The van der Waals surface area contributed by atoms with E-state index in [1.165, 1.54) is 22.5 Å². The Labute approximate surface area is 116 Å². The molecule has 0 aliphatic rings. The second-order valence-electron chi connectivity index (χ2n) is 4.56. The van der Waals surface area contributed by atoms with Gasteiger partial charge in [0.15, 0.2) is 0 Å². The molecule has 0 spiro atoms. The number of aromatic nitrogens is 1. The van der Waals surface area contributed by atoms with Crippen LogP contribution >= 0.6 is 11.5 Å². The van der Waals surface area contributed by atoms with Gasteiger partial charge in [-0.3, -0.25) is 0 Å². The zero-order valence-corrected chi connectivity index (χ0v) is 11.4. The first kappa shape index (κ1) is 12.0. The number of hydrogen-bond donors (Lipinski definition) is 2. The van der Waals surface area contributed by atoms with Crippen LogP contribution in [0.15, 0.2) is 48.5 Å². The van der Waals surface area contributed by atoms with Gasteiger partial charge in [0.1, 0.15) is 5.00 Å². The van der Waals surface area contributed by atoms with Crippen LogP contribution in [-0.4, -0.2) is 4.37 Å². The van der Waals surface area contributed by atoms with E-state index in [1.807, 2.05) is 36.4 Å². The predicted molar refractivity (Wildman–Crippen MR) is 82.5 cm³/mol. The average Bonchev–Trinajstić information content (AvgIpc) is 2.82. The van der Waals surface area contributed by atoms with E-state index < -0.39 is 0 Å². The van der Waals surface area contributed by atoms with Gasteiger partial charge >= 0.3 is 0 Å². The van der Waals surface area contributed by atoms with Crippen LogP contribution in [0.5, 0.6) is 0 Å². The van der Waals surface area contributed by atoms with Crippen molar-refractivity contribution in [2.45, 2.75) is 13.0 Å². The number of nitrogen functional groups attached to an aromatic ring is 1. The summed E-state index contributed by atoms with van der Waals surface area (Å²) in [4.78, 5) is 0. The summed E-state index contributed by atoms with van der Waals surface area (Å²) in [5.74, 6) is 0. The number of hydrogen-bond acceptors (Lipinski definition) is 4. The third-order valence-electron chi connectivity index (χ3n) is 3.14. The summed E-state index contributed by atoms with van der Waals surface area (Å²) < 4.78 is 4.44. The Balaban J connectivity index is 1.89. The first-order valence-corrected chi connectivity index (χ1v) is 6.98. The first-order valence-electron chi connectivity index (χ1n) is 6.20. The molecule has 1 atom stereocenters. The summed E-state index contributed by atoms with van der Waals surface area (Å²) in [5, 5.41) is 5.78. The molecule has 0 amide bonds. The molecule has 19 heavy (non-hydrogen) atoms. The zero-order valence-electron chi connectivity index (χ0n) is 10.6. The normalized spacial score (nSPS) is 12.5. The SMILES string of the molecule is CC(Nc1snc2ccccc12)c1cccc(N)c1. The summed E-state index contributed by atoms with van der Waals surface area (Å²) in [7, 11) is 0. The van der Waals surface area contributed by atoms with E-state index in [1.54, 1.807) is 0 Å². The van der Waals surface area contributed by atoms with Crippen molar-refractivity contribution in [3.63, 3.8) is 0 Å². The fraction of sp³-hybridized carbons (Fsp3) is 0.133. The molecule has 1 aromatic heterocycles. The highest BCUT2D eigenvalue weighted by molar-refractivity contribution is 7.11. The van der Waals surface area contributed by atoms with E-state index >= 15 is 0 Å². The largest absolute Gasteiger partial charge is 0.399 e. The Morgan fingerprint density at radius 1 is 1.16 bits per heavy atom. The predicted octanol–water partition coefficient (Wildman–Crippen LogP) is 4.05. The Bertz CT molecular complexity index is 705. The van der Waals surface area contributed by atoms with Gasteiger partial charge in [-0.1, -0.05) is 24.3 Å². The van der Waals surface area contributed by atoms with Crippen molar-refractivity contribution in [1.29, 1.82) is 0 Å². The van der Waals surface area contributed by atoms with Crippen molar-refractivity contribution in [1.82, 2.24) is 4.37 Å². The van der Waals surface area contributed by atoms with Crippen LogP contribution in [0.3, 0.4) is 0 Å².